The quantitative estimate of drug-likeness (QED) is 0.329. The van der Waals surface area contributed by atoms with Crippen LogP contribution >= 0.6 is 0 Å². The molecule has 2 atom stereocenters. The molecule has 2 N–H and O–H groups in total. The largest absolute Gasteiger partial charge is 0.444 e. The first-order valence-corrected chi connectivity index (χ1v) is 13.1. The zero-order valence-electron chi connectivity index (χ0n) is 23.2. The number of rotatable bonds is 4. The number of fused-ring (bicyclic) bond motifs is 1. The Morgan fingerprint density at radius 1 is 1.24 bits per heavy atom. The molecule has 1 amide bonds. The van der Waals surface area contributed by atoms with Gasteiger partial charge in [0.1, 0.15) is 11.4 Å². The maximum Gasteiger partial charge on any atom is 0.410 e. The summed E-state index contributed by atoms with van der Waals surface area (Å²) >= 11 is 0. The molecule has 0 bridgehead atoms. The molecule has 1 fully saturated rings. The molecule has 4 heterocycles. The van der Waals surface area contributed by atoms with Gasteiger partial charge in [0.15, 0.2) is 0 Å². The van der Waals surface area contributed by atoms with E-state index in [-0.39, 0.29) is 12.1 Å². The second-order valence-corrected chi connectivity index (χ2v) is 11.3. The van der Waals surface area contributed by atoms with Crippen LogP contribution in [0.2, 0.25) is 0 Å². The normalized spacial score (nSPS) is 18.1. The van der Waals surface area contributed by atoms with Gasteiger partial charge >= 0.3 is 6.09 Å². The highest BCUT2D eigenvalue weighted by Gasteiger charge is 2.32. The number of nitrogens with one attached hydrogen (secondary N) is 2. The van der Waals surface area contributed by atoms with Crippen LogP contribution in [0.5, 0.6) is 0 Å². The molecule has 200 valence electrons. The van der Waals surface area contributed by atoms with Gasteiger partial charge in [0, 0.05) is 53.6 Å². The maximum absolute atomic E-state index is 12.7. The highest BCUT2D eigenvalue weighted by atomic mass is 16.6. The van der Waals surface area contributed by atoms with E-state index < -0.39 is 5.60 Å². The van der Waals surface area contributed by atoms with Crippen LogP contribution in [0.4, 0.5) is 10.7 Å². The number of carbonyl (C=O) groups excluding carboxylic acids is 1. The first-order chi connectivity index (χ1) is 18.0. The monoisotopic (exact) mass is 516 g/mol. The predicted molar refractivity (Wildman–Crippen MR) is 148 cm³/mol. The van der Waals surface area contributed by atoms with Crippen LogP contribution in [0.3, 0.4) is 0 Å². The van der Waals surface area contributed by atoms with Crippen LogP contribution in [0.15, 0.2) is 35.1 Å². The molecule has 9 nitrogen and oxygen atoms in total. The molecule has 3 aromatic heterocycles. The van der Waals surface area contributed by atoms with E-state index in [1.807, 2.05) is 53.9 Å². The summed E-state index contributed by atoms with van der Waals surface area (Å²) in [6.07, 6.45) is 4.44. The van der Waals surface area contributed by atoms with Gasteiger partial charge in [0.05, 0.1) is 11.4 Å². The Morgan fingerprint density at radius 3 is 2.74 bits per heavy atom. The zero-order chi connectivity index (χ0) is 27.2. The van der Waals surface area contributed by atoms with E-state index in [0.717, 1.165) is 56.7 Å². The Balaban J connectivity index is 1.40. The minimum Gasteiger partial charge on any atom is -0.444 e. The van der Waals surface area contributed by atoms with E-state index in [1.54, 1.807) is 4.90 Å². The van der Waals surface area contributed by atoms with E-state index in [9.17, 15) is 4.79 Å². The highest BCUT2D eigenvalue weighted by molar-refractivity contribution is 5.97. The molecule has 9 heteroatoms. The number of piperidine rings is 1. The predicted octanol–water partition coefficient (Wildman–Crippen LogP) is 6.26. The van der Waals surface area contributed by atoms with E-state index in [0.29, 0.717) is 25.0 Å². The lowest BCUT2D eigenvalue weighted by Crippen LogP contribution is -2.50. The fourth-order valence-electron chi connectivity index (χ4n) is 5.07. The Morgan fingerprint density at radius 2 is 2.03 bits per heavy atom. The van der Waals surface area contributed by atoms with Crippen molar-refractivity contribution in [2.75, 3.05) is 18.4 Å². The average molecular weight is 517 g/mol. The number of likely N-dealkylation sites (tertiary alicyclic amines) is 1. The fourth-order valence-corrected chi connectivity index (χ4v) is 5.07. The molecule has 1 aliphatic rings. The van der Waals surface area contributed by atoms with E-state index in [1.165, 1.54) is 0 Å². The van der Waals surface area contributed by atoms with Gasteiger partial charge in [0.2, 0.25) is 5.95 Å². The highest BCUT2D eigenvalue weighted by Crippen LogP contribution is 2.34. The van der Waals surface area contributed by atoms with Crippen molar-refractivity contribution in [1.29, 1.82) is 0 Å². The molecular formula is C29H36N6O3. The lowest BCUT2D eigenvalue weighted by atomic mass is 9.94. The maximum atomic E-state index is 12.7. The van der Waals surface area contributed by atoms with Crippen molar-refractivity contribution in [1.82, 2.24) is 25.0 Å². The molecule has 0 radical (unpaired) electrons. The van der Waals surface area contributed by atoms with Crippen molar-refractivity contribution in [2.24, 2.45) is 5.92 Å². The summed E-state index contributed by atoms with van der Waals surface area (Å²) in [6.45, 7) is 15.0. The second-order valence-electron chi connectivity index (χ2n) is 11.3. The summed E-state index contributed by atoms with van der Waals surface area (Å²) in [5, 5.41) is 8.67. The van der Waals surface area contributed by atoms with Gasteiger partial charge in [-0.05, 0) is 71.1 Å². The number of hydrogen-bond acceptors (Lipinski definition) is 7. The Labute approximate surface area is 223 Å². The average Bonchev–Trinajstić information content (AvgIpc) is 3.42. The Kier molecular flexibility index (Phi) is 6.63. The molecule has 4 aromatic rings. The number of H-pyrrole nitrogens is 1. The summed E-state index contributed by atoms with van der Waals surface area (Å²) in [4.78, 5) is 27.3. The third-order valence-corrected chi connectivity index (χ3v) is 7.16. The van der Waals surface area contributed by atoms with Crippen molar-refractivity contribution in [3.8, 4) is 22.4 Å². The van der Waals surface area contributed by atoms with E-state index in [4.69, 9.17) is 14.2 Å². The van der Waals surface area contributed by atoms with Gasteiger partial charge in [-0.1, -0.05) is 24.2 Å². The van der Waals surface area contributed by atoms with Gasteiger partial charge < -0.3 is 24.5 Å². The number of anilines is 1. The number of carbonyl (C=O) groups is 1. The third-order valence-electron chi connectivity index (χ3n) is 7.16. The molecule has 0 spiro atoms. The third kappa shape index (κ3) is 5.10. The van der Waals surface area contributed by atoms with Crippen molar-refractivity contribution in [3.05, 3.63) is 47.6 Å². The van der Waals surface area contributed by atoms with Crippen LogP contribution in [0.25, 0.3) is 33.3 Å². The van der Waals surface area contributed by atoms with Crippen molar-refractivity contribution < 1.29 is 14.1 Å². The molecule has 5 rings (SSSR count). The number of hydrogen-bond donors (Lipinski definition) is 2. The van der Waals surface area contributed by atoms with Gasteiger partial charge in [-0.25, -0.2) is 14.8 Å². The van der Waals surface area contributed by atoms with Crippen LogP contribution in [0, 0.1) is 26.7 Å². The van der Waals surface area contributed by atoms with E-state index in [2.05, 4.69) is 45.6 Å². The lowest BCUT2D eigenvalue weighted by Gasteiger charge is -2.38. The van der Waals surface area contributed by atoms with Gasteiger partial charge in [-0.3, -0.25) is 0 Å². The zero-order valence-corrected chi connectivity index (χ0v) is 23.2. The minimum absolute atomic E-state index is 0.0207. The number of aryl methyl sites for hydroxylation is 3. The summed E-state index contributed by atoms with van der Waals surface area (Å²) in [6, 6.07) is 6.35. The number of amides is 1. The molecule has 38 heavy (non-hydrogen) atoms. The summed E-state index contributed by atoms with van der Waals surface area (Å²) in [7, 11) is 0. The summed E-state index contributed by atoms with van der Waals surface area (Å²) in [5.41, 5.74) is 6.31. The fraction of sp³-hybridized carbons (Fsp3) is 0.448. The van der Waals surface area contributed by atoms with Crippen molar-refractivity contribution >= 4 is 22.9 Å². The Hall–Kier alpha value is -3.88. The number of aromatic nitrogens is 4. The summed E-state index contributed by atoms with van der Waals surface area (Å²) in [5.74, 6) is 1.71. The van der Waals surface area contributed by atoms with Crippen molar-refractivity contribution in [2.45, 2.75) is 66.5 Å². The smallest absolute Gasteiger partial charge is 0.410 e. The van der Waals surface area contributed by atoms with Crippen molar-refractivity contribution in [3.63, 3.8) is 0 Å². The van der Waals surface area contributed by atoms with Gasteiger partial charge in [-0.15, -0.1) is 0 Å². The molecule has 1 aromatic carbocycles. The lowest BCUT2D eigenvalue weighted by molar-refractivity contribution is 0.0176. The topological polar surface area (TPSA) is 109 Å². The number of nitrogens with zero attached hydrogens (tertiary/aromatic N) is 4. The van der Waals surface area contributed by atoms with Crippen LogP contribution in [0.1, 0.15) is 51.1 Å². The second kappa shape index (κ2) is 9.78. The van der Waals surface area contributed by atoms with Crippen LogP contribution in [-0.4, -0.2) is 55.8 Å². The Bertz CT molecular complexity index is 1460. The summed E-state index contributed by atoms with van der Waals surface area (Å²) < 4.78 is 11.0. The first-order valence-electron chi connectivity index (χ1n) is 13.1. The minimum atomic E-state index is -0.523. The SMILES string of the molecule is Cc1cnc(N[C@@H]2CN(C(=O)OC(C)(C)C)CC[C@@H]2C)nc1-c1c[nH]c2cc(-c3c(C)noc3C)ccc12. The molecule has 0 aliphatic carbocycles. The molecular weight excluding hydrogens is 480 g/mol. The van der Waals surface area contributed by atoms with Gasteiger partial charge in [-0.2, -0.15) is 0 Å². The number of aromatic amines is 1. The van der Waals surface area contributed by atoms with E-state index >= 15 is 0 Å². The molecule has 0 saturated carbocycles. The first kappa shape index (κ1) is 25.8. The molecule has 1 saturated heterocycles. The van der Waals surface area contributed by atoms with Gasteiger partial charge in [0.25, 0.3) is 0 Å². The molecule has 1 aliphatic heterocycles. The van der Waals surface area contributed by atoms with Crippen LogP contribution in [-0.2, 0) is 4.74 Å². The number of benzene rings is 1. The number of ether oxygens (including phenoxy) is 1. The molecule has 0 unspecified atom stereocenters. The van der Waals surface area contributed by atoms with Crippen LogP contribution < -0.4 is 5.32 Å². The standard InChI is InChI=1S/C29H36N6O3/c1-16-10-11-35(28(36)37-29(5,6)7)15-24(16)32-27-31-13-17(2)26(33-27)22-14-30-23-12-20(8-9-21(22)23)25-18(3)34-38-19(25)4/h8-9,12-14,16,24,30H,10-11,15H2,1-7H3,(H,31,32,33)/t16-,24+/m0/s1.